The van der Waals surface area contributed by atoms with E-state index in [0.717, 1.165) is 15.4 Å². The van der Waals surface area contributed by atoms with Gasteiger partial charge in [-0.1, -0.05) is 76.4 Å². The molecule has 0 aromatic heterocycles. The molecule has 15 heteroatoms. The molecule has 0 radical (unpaired) electrons. The summed E-state index contributed by atoms with van der Waals surface area (Å²) in [5.41, 5.74) is 8.93. The zero-order valence-corrected chi connectivity index (χ0v) is 35.0. The second-order valence-electron chi connectivity index (χ2n) is 12.5. The Balaban J connectivity index is 0.000000218. The first-order valence-electron chi connectivity index (χ1n) is 17.0. The summed E-state index contributed by atoms with van der Waals surface area (Å²) in [5.74, 6) is -0.947. The number of phenolic OH excluding ortho intramolecular Hbond substituents is 2. The van der Waals surface area contributed by atoms with Gasteiger partial charge in [0.05, 0.1) is 32.3 Å². The van der Waals surface area contributed by atoms with Crippen LogP contribution in [0.4, 0.5) is 17.1 Å². The molecule has 0 aliphatic carbocycles. The lowest BCUT2D eigenvalue weighted by Crippen LogP contribution is -2.09. The maximum Gasteiger partial charge on any atom is 0.206 e. The fourth-order valence-electron chi connectivity index (χ4n) is 5.51. The van der Waals surface area contributed by atoms with Gasteiger partial charge in [-0.25, -0.2) is 8.42 Å². The van der Waals surface area contributed by atoms with Crippen molar-refractivity contribution < 1.29 is 28.2 Å². The van der Waals surface area contributed by atoms with E-state index in [2.05, 4.69) is 10.6 Å². The molecule has 0 fully saturated rings. The summed E-state index contributed by atoms with van der Waals surface area (Å²) in [5, 5.41) is 28.6. The van der Waals surface area contributed by atoms with Crippen molar-refractivity contribution in [3.8, 4) is 11.5 Å². The molecule has 0 aliphatic rings. The number of benzene rings is 6. The molecule has 9 nitrogen and oxygen atoms in total. The van der Waals surface area contributed by atoms with Gasteiger partial charge in [0.25, 0.3) is 0 Å². The summed E-state index contributed by atoms with van der Waals surface area (Å²) in [7, 11) is -3.77. The van der Waals surface area contributed by atoms with Crippen LogP contribution in [0.1, 0.15) is 45.7 Å². The van der Waals surface area contributed by atoms with Gasteiger partial charge in [0.15, 0.2) is 11.6 Å². The van der Waals surface area contributed by atoms with E-state index in [1.54, 1.807) is 36.0 Å². The predicted molar refractivity (Wildman–Crippen MR) is 231 cm³/mol. The number of hydrogen-bond acceptors (Lipinski definition) is 10. The highest BCUT2D eigenvalue weighted by atomic mass is 35.5. The van der Waals surface area contributed by atoms with Crippen LogP contribution in [0.25, 0.3) is 0 Å². The number of carbonyl (C=O) groups excluding carboxylic acids is 2. The number of ketones is 2. The fraction of sp³-hybridized carbons (Fsp3) is 0.0952. The van der Waals surface area contributed by atoms with E-state index in [0.29, 0.717) is 38.6 Å². The molecule has 0 aliphatic heterocycles. The minimum Gasteiger partial charge on any atom is -0.505 e. The van der Waals surface area contributed by atoms with E-state index in [1.165, 1.54) is 62.4 Å². The lowest BCUT2D eigenvalue weighted by molar-refractivity contribution is 0.100. The van der Waals surface area contributed by atoms with Crippen LogP contribution >= 0.6 is 58.2 Å². The highest BCUT2D eigenvalue weighted by molar-refractivity contribution is 7.99. The Bertz CT molecular complexity index is 2550. The second kappa shape index (κ2) is 19.0. The third kappa shape index (κ3) is 11.2. The summed E-state index contributed by atoms with van der Waals surface area (Å²) >= 11 is 25.5. The van der Waals surface area contributed by atoms with Gasteiger partial charge in [-0.3, -0.25) is 9.59 Å². The Morgan fingerprint density at radius 3 is 1.65 bits per heavy atom. The number of rotatable bonds is 12. The number of nitrogens with one attached hydrogen (secondary N) is 2. The molecule has 0 atom stereocenters. The Morgan fingerprint density at radius 1 is 0.632 bits per heavy atom. The van der Waals surface area contributed by atoms with Crippen LogP contribution in [0.3, 0.4) is 0 Å². The second-order valence-corrected chi connectivity index (χ2v) is 17.3. The molecule has 0 unspecified atom stereocenters. The number of hydrogen-bond donors (Lipinski definition) is 5. The number of sulfone groups is 1. The van der Waals surface area contributed by atoms with E-state index in [4.69, 9.17) is 52.1 Å². The van der Waals surface area contributed by atoms with Gasteiger partial charge in [0.2, 0.25) is 9.84 Å². The van der Waals surface area contributed by atoms with Crippen molar-refractivity contribution in [3.63, 3.8) is 0 Å². The van der Waals surface area contributed by atoms with Gasteiger partial charge < -0.3 is 26.6 Å². The standard InChI is InChI=1S/C21H18Cl2N2O2S.C21H17Cl2NO4S/c1-12(26)18-9-15(23)10-19(21(18)27)25-11-13-8-16(24)4-7-20(13)28-17-5-2-14(22)3-6-17;1-13(25)18-10-16(23)11-19(21(18)26)24-12-14-4-2-3-5-20(14)29(27,28)17-8-6-15(22)7-9-17/h2-10,25,27H,11,24H2,1H3;2-11,24,26H,12H2,1H3. The van der Waals surface area contributed by atoms with Gasteiger partial charge in [-0.05, 0) is 122 Å². The lowest BCUT2D eigenvalue weighted by Gasteiger charge is -2.14. The highest BCUT2D eigenvalue weighted by Gasteiger charge is 2.22. The molecule has 0 amide bonds. The zero-order valence-electron chi connectivity index (χ0n) is 30.3. The quantitative estimate of drug-likeness (QED) is 0.0455. The number of aromatic hydroxyl groups is 2. The molecule has 294 valence electrons. The number of nitrogens with two attached hydrogens (primary N) is 1. The number of halogens is 4. The van der Waals surface area contributed by atoms with Crippen LogP contribution < -0.4 is 16.4 Å². The molecular formula is C42H35Cl4N3O6S2. The monoisotopic (exact) mass is 881 g/mol. The van der Waals surface area contributed by atoms with Crippen molar-refractivity contribution in [2.75, 3.05) is 16.4 Å². The van der Waals surface area contributed by atoms with Gasteiger partial charge in [-0.15, -0.1) is 0 Å². The van der Waals surface area contributed by atoms with Gasteiger partial charge in [0, 0.05) is 48.7 Å². The molecule has 0 saturated carbocycles. The summed E-state index contributed by atoms with van der Waals surface area (Å²) in [6.07, 6.45) is 0. The molecule has 6 aromatic rings. The first kappa shape index (κ1) is 43.2. The highest BCUT2D eigenvalue weighted by Crippen LogP contribution is 2.36. The maximum absolute atomic E-state index is 13.1. The van der Waals surface area contributed by atoms with Crippen molar-refractivity contribution >= 4 is 96.6 Å². The Hall–Kier alpha value is -4.88. The van der Waals surface area contributed by atoms with Crippen molar-refractivity contribution in [1.82, 2.24) is 0 Å². The predicted octanol–water partition coefficient (Wildman–Crippen LogP) is 11.6. The fourth-order valence-corrected chi connectivity index (χ4v) is 8.61. The van der Waals surface area contributed by atoms with Crippen molar-refractivity contribution in [1.29, 1.82) is 0 Å². The molecule has 0 heterocycles. The van der Waals surface area contributed by atoms with Gasteiger partial charge >= 0.3 is 0 Å². The van der Waals surface area contributed by atoms with E-state index < -0.39 is 9.84 Å². The van der Waals surface area contributed by atoms with Crippen LogP contribution in [0.5, 0.6) is 11.5 Å². The zero-order chi connectivity index (χ0) is 41.4. The Morgan fingerprint density at radius 2 is 1.12 bits per heavy atom. The minimum absolute atomic E-state index is 0.0853. The normalized spacial score (nSPS) is 11.0. The molecule has 0 saturated heterocycles. The SMILES string of the molecule is CC(=O)c1cc(Cl)cc(NCc2cc(N)ccc2Sc2ccc(Cl)cc2)c1O.CC(=O)c1cc(Cl)cc(NCc2ccccc2S(=O)(=O)c2ccc(Cl)cc2)c1O. The number of carbonyl (C=O) groups is 2. The topological polar surface area (TPSA) is 159 Å². The average molecular weight is 884 g/mol. The molecule has 0 spiro atoms. The third-order valence-corrected chi connectivity index (χ3v) is 12.3. The largest absolute Gasteiger partial charge is 0.505 e. The van der Waals surface area contributed by atoms with Crippen molar-refractivity contribution in [2.45, 2.75) is 46.5 Å². The third-order valence-electron chi connectivity index (χ3n) is 8.36. The summed E-state index contributed by atoms with van der Waals surface area (Å²) in [6, 6.07) is 31.6. The van der Waals surface area contributed by atoms with Crippen LogP contribution in [0.15, 0.2) is 135 Å². The van der Waals surface area contributed by atoms with Crippen molar-refractivity contribution in [2.24, 2.45) is 0 Å². The average Bonchev–Trinajstić information content (AvgIpc) is 3.17. The maximum atomic E-state index is 13.1. The first-order valence-corrected chi connectivity index (χ1v) is 20.8. The number of Topliss-reactive ketones (excluding diaryl/α,β-unsaturated/α-hetero) is 2. The van der Waals surface area contributed by atoms with E-state index in [1.807, 2.05) is 42.5 Å². The summed E-state index contributed by atoms with van der Waals surface area (Å²) in [6.45, 7) is 3.19. The summed E-state index contributed by atoms with van der Waals surface area (Å²) in [4.78, 5) is 25.7. The number of phenols is 2. The van der Waals surface area contributed by atoms with Crippen LogP contribution in [-0.4, -0.2) is 30.2 Å². The molecule has 6 N–H and O–H groups in total. The van der Waals surface area contributed by atoms with E-state index in [9.17, 15) is 28.2 Å². The molecule has 6 aromatic carbocycles. The van der Waals surface area contributed by atoms with Gasteiger partial charge in [-0.2, -0.15) is 0 Å². The molecule has 6 rings (SSSR count). The smallest absolute Gasteiger partial charge is 0.206 e. The van der Waals surface area contributed by atoms with Crippen LogP contribution in [0.2, 0.25) is 20.1 Å². The van der Waals surface area contributed by atoms with Crippen LogP contribution in [0, 0.1) is 0 Å². The molecule has 0 bridgehead atoms. The minimum atomic E-state index is -3.77. The Labute approximate surface area is 354 Å². The Kier molecular flexibility index (Phi) is 14.4. The number of nitrogen functional groups attached to an aromatic ring is 1. The van der Waals surface area contributed by atoms with E-state index >= 15 is 0 Å². The molecule has 57 heavy (non-hydrogen) atoms. The number of anilines is 3. The van der Waals surface area contributed by atoms with E-state index in [-0.39, 0.29) is 61.2 Å². The van der Waals surface area contributed by atoms with Gasteiger partial charge in [0.1, 0.15) is 11.5 Å². The summed E-state index contributed by atoms with van der Waals surface area (Å²) < 4.78 is 26.1. The lowest BCUT2D eigenvalue weighted by atomic mass is 10.1. The van der Waals surface area contributed by atoms with Crippen molar-refractivity contribution in [3.05, 3.63) is 158 Å². The van der Waals surface area contributed by atoms with Crippen LogP contribution in [-0.2, 0) is 22.9 Å². The molecular weight excluding hydrogens is 848 g/mol. The first-order chi connectivity index (χ1) is 27.0.